The second-order valence-electron chi connectivity index (χ2n) is 17.6. The summed E-state index contributed by atoms with van der Waals surface area (Å²) in [5, 5.41) is 36.3. The van der Waals surface area contributed by atoms with Crippen LogP contribution in [0.5, 0.6) is 0 Å². The summed E-state index contributed by atoms with van der Waals surface area (Å²) in [4.78, 5) is 68.8. The van der Waals surface area contributed by atoms with E-state index in [1.54, 1.807) is 6.92 Å². The van der Waals surface area contributed by atoms with Gasteiger partial charge in [-0.05, 0) is 130 Å². The normalized spacial score (nSPS) is 16.3. The number of carbonyl (C=O) groups excluding carboxylic acids is 4. The summed E-state index contributed by atoms with van der Waals surface area (Å²) in [6.07, 6.45) is 16.1. The molecule has 364 valence electrons. The van der Waals surface area contributed by atoms with Crippen molar-refractivity contribution >= 4 is 46.1 Å². The minimum absolute atomic E-state index is 0.0451. The van der Waals surface area contributed by atoms with Gasteiger partial charge in [0.25, 0.3) is 11.8 Å². The molecule has 4 amide bonds. The quantitative estimate of drug-likeness (QED) is 0.0865. The lowest BCUT2D eigenvalue weighted by atomic mass is 9.85. The number of aromatic amines is 2. The maximum atomic E-state index is 12.8. The standard InChI is InChI=1S/C27H34N6O3.C23H26N6O2.C2H6/c1-32(13-14-34)18-25(35)33-11-9-19(10-12-33)21-7-8-24(23(15-21)20-5-3-2-4-6-20)31-27(36)26-29-17-22(16-28)30-26;1-15(30)29-9-6-16(7-10-29)17-4-5-21(20(11-17)18-3-2-8-25-13-18)28-23(31)22-26-14-19(12-24)27-22;1-2/h5,7-8,15,17,19,34H,2-4,6,9-14,18H2,1H3,(H,29,30)(H,31,36);3-5,11,14,16,25H,2,6-10,13H2,1H3,(H,26,27)(H,28,31);1-2H3. The molecule has 1 aliphatic carbocycles. The summed E-state index contributed by atoms with van der Waals surface area (Å²) in [6, 6.07) is 16.3. The Balaban J connectivity index is 0.000000221. The summed E-state index contributed by atoms with van der Waals surface area (Å²) in [6.45, 7) is 11.1. The smallest absolute Gasteiger partial charge is 0.291 e. The van der Waals surface area contributed by atoms with E-state index < -0.39 is 0 Å². The molecule has 8 rings (SSSR count). The number of aliphatic hydroxyl groups excluding tert-OH is 1. The number of anilines is 2. The zero-order valence-corrected chi connectivity index (χ0v) is 40.4. The van der Waals surface area contributed by atoms with Gasteiger partial charge in [-0.25, -0.2) is 9.97 Å². The number of benzene rings is 2. The first-order chi connectivity index (χ1) is 33.5. The van der Waals surface area contributed by atoms with Crippen LogP contribution in [-0.4, -0.2) is 129 Å². The fourth-order valence-corrected chi connectivity index (χ4v) is 9.23. The second-order valence-corrected chi connectivity index (χ2v) is 17.6. The highest BCUT2D eigenvalue weighted by atomic mass is 16.3. The van der Waals surface area contributed by atoms with Crippen LogP contribution in [0.4, 0.5) is 11.4 Å². The van der Waals surface area contributed by atoms with Gasteiger partial charge in [-0.3, -0.25) is 24.1 Å². The summed E-state index contributed by atoms with van der Waals surface area (Å²) in [7, 11) is 1.84. The van der Waals surface area contributed by atoms with Gasteiger partial charge in [-0.15, -0.1) is 0 Å². The number of rotatable bonds is 12. The van der Waals surface area contributed by atoms with Crippen LogP contribution in [0.25, 0.3) is 11.1 Å². The second kappa shape index (κ2) is 25.4. The van der Waals surface area contributed by atoms with E-state index in [2.05, 4.69) is 72.3 Å². The Kier molecular flexibility index (Phi) is 19.0. The Bertz CT molecular complexity index is 2560. The third kappa shape index (κ3) is 13.8. The number of likely N-dealkylation sites (tertiary alicyclic amines) is 2. The van der Waals surface area contributed by atoms with E-state index in [0.717, 1.165) is 106 Å². The first kappa shape index (κ1) is 51.5. The van der Waals surface area contributed by atoms with Gasteiger partial charge in [0.15, 0.2) is 11.6 Å². The molecule has 6 N–H and O–H groups in total. The van der Waals surface area contributed by atoms with Gasteiger partial charge >= 0.3 is 0 Å². The highest BCUT2D eigenvalue weighted by Crippen LogP contribution is 2.37. The van der Waals surface area contributed by atoms with Crippen molar-refractivity contribution in [2.75, 3.05) is 76.6 Å². The molecule has 3 aliphatic heterocycles. The topological polar surface area (TPSA) is 239 Å². The largest absolute Gasteiger partial charge is 0.395 e. The van der Waals surface area contributed by atoms with Crippen LogP contribution in [0.3, 0.4) is 0 Å². The molecule has 17 heteroatoms. The van der Waals surface area contributed by atoms with Crippen LogP contribution in [0, 0.1) is 22.7 Å². The average molecular weight is 939 g/mol. The molecule has 4 aromatic rings. The molecular formula is C52H66N12O5. The number of nitrogens with zero attached hydrogens (tertiary/aromatic N) is 7. The number of hydrogen-bond donors (Lipinski definition) is 6. The highest BCUT2D eigenvalue weighted by molar-refractivity contribution is 6.04. The Morgan fingerprint density at radius 3 is 1.74 bits per heavy atom. The summed E-state index contributed by atoms with van der Waals surface area (Å²) < 4.78 is 0. The molecule has 2 aromatic carbocycles. The van der Waals surface area contributed by atoms with E-state index in [-0.39, 0.29) is 53.3 Å². The molecule has 2 aromatic heterocycles. The van der Waals surface area contributed by atoms with Gasteiger partial charge in [0.1, 0.15) is 23.5 Å². The number of piperidine rings is 2. The van der Waals surface area contributed by atoms with E-state index in [1.807, 2.05) is 59.9 Å². The minimum atomic E-state index is -0.380. The van der Waals surface area contributed by atoms with E-state index in [9.17, 15) is 19.2 Å². The lowest BCUT2D eigenvalue weighted by Crippen LogP contribution is -2.43. The van der Waals surface area contributed by atoms with Crippen molar-refractivity contribution < 1.29 is 24.3 Å². The van der Waals surface area contributed by atoms with Crippen molar-refractivity contribution in [3.8, 4) is 12.1 Å². The molecule has 0 bridgehead atoms. The lowest BCUT2D eigenvalue weighted by molar-refractivity contribution is -0.133. The van der Waals surface area contributed by atoms with Gasteiger partial charge < -0.3 is 40.8 Å². The molecule has 69 heavy (non-hydrogen) atoms. The van der Waals surface area contributed by atoms with Crippen LogP contribution in [0.1, 0.15) is 145 Å². The Labute approximate surface area is 405 Å². The molecule has 0 spiro atoms. The Morgan fingerprint density at radius 2 is 1.29 bits per heavy atom. The molecule has 2 fully saturated rings. The molecule has 4 aliphatic rings. The van der Waals surface area contributed by atoms with Crippen LogP contribution in [-0.2, 0) is 9.59 Å². The van der Waals surface area contributed by atoms with E-state index >= 15 is 0 Å². The van der Waals surface area contributed by atoms with Crippen LogP contribution in [0.2, 0.25) is 0 Å². The first-order valence-electron chi connectivity index (χ1n) is 24.3. The third-order valence-corrected chi connectivity index (χ3v) is 13.0. The number of allylic oxidation sites excluding steroid dienone is 2. The van der Waals surface area contributed by atoms with Gasteiger partial charge in [-0.1, -0.05) is 38.1 Å². The number of imidazole rings is 2. The minimum Gasteiger partial charge on any atom is -0.395 e. The Morgan fingerprint density at radius 1 is 0.768 bits per heavy atom. The van der Waals surface area contributed by atoms with E-state index in [4.69, 9.17) is 15.6 Å². The maximum Gasteiger partial charge on any atom is 0.291 e. The van der Waals surface area contributed by atoms with E-state index in [0.29, 0.717) is 38.0 Å². The van der Waals surface area contributed by atoms with Crippen molar-refractivity contribution in [3.05, 3.63) is 106 Å². The van der Waals surface area contributed by atoms with E-state index in [1.165, 1.54) is 35.5 Å². The zero-order chi connectivity index (χ0) is 49.3. The summed E-state index contributed by atoms with van der Waals surface area (Å²) >= 11 is 0. The number of nitriles is 2. The van der Waals surface area contributed by atoms with Crippen LogP contribution >= 0.6 is 0 Å². The Hall–Kier alpha value is -6.92. The molecule has 0 radical (unpaired) electrons. The number of amides is 4. The molecule has 17 nitrogen and oxygen atoms in total. The lowest BCUT2D eigenvalue weighted by Gasteiger charge is -2.33. The molecule has 5 heterocycles. The van der Waals surface area contributed by atoms with Gasteiger partial charge in [0, 0.05) is 68.7 Å². The predicted molar refractivity (Wildman–Crippen MR) is 266 cm³/mol. The number of carbonyl (C=O) groups is 4. The number of H-pyrrole nitrogens is 2. The van der Waals surface area contributed by atoms with Crippen molar-refractivity contribution in [1.82, 2.24) is 40.0 Å². The number of likely N-dealkylation sites (N-methyl/N-ethyl adjacent to an activating group) is 1. The fourth-order valence-electron chi connectivity index (χ4n) is 9.23. The van der Waals surface area contributed by atoms with Gasteiger partial charge in [0.05, 0.1) is 25.5 Å². The first-order valence-corrected chi connectivity index (χ1v) is 24.3. The molecule has 2 saturated heterocycles. The molecular weight excluding hydrogens is 873 g/mol. The predicted octanol–water partition coefficient (Wildman–Crippen LogP) is 6.78. The van der Waals surface area contributed by atoms with Crippen molar-refractivity contribution in [2.45, 2.75) is 90.4 Å². The van der Waals surface area contributed by atoms with Crippen molar-refractivity contribution in [3.63, 3.8) is 0 Å². The van der Waals surface area contributed by atoms with Crippen molar-refractivity contribution in [2.24, 2.45) is 0 Å². The van der Waals surface area contributed by atoms with Gasteiger partial charge in [0.2, 0.25) is 11.8 Å². The third-order valence-electron chi connectivity index (χ3n) is 13.0. The van der Waals surface area contributed by atoms with Crippen LogP contribution in [0.15, 0.2) is 60.9 Å². The summed E-state index contributed by atoms with van der Waals surface area (Å²) in [5.41, 5.74) is 8.85. The average Bonchev–Trinajstić information content (AvgIpc) is 4.09. The van der Waals surface area contributed by atoms with Gasteiger partial charge in [-0.2, -0.15) is 10.5 Å². The number of nitrogens with one attached hydrogen (secondary N) is 5. The fraction of sp³-hybridized carbons (Fsp3) is 0.462. The highest BCUT2D eigenvalue weighted by Gasteiger charge is 2.27. The summed E-state index contributed by atoms with van der Waals surface area (Å²) in [5.74, 6) is 0.440. The monoisotopic (exact) mass is 939 g/mol. The molecule has 0 atom stereocenters. The number of aliphatic hydroxyl groups is 1. The van der Waals surface area contributed by atoms with Crippen LogP contribution < -0.4 is 16.0 Å². The maximum absolute atomic E-state index is 12.8. The number of aromatic nitrogens is 4. The zero-order valence-electron chi connectivity index (χ0n) is 40.4. The molecule has 0 saturated carbocycles. The molecule has 0 unspecified atom stereocenters. The SMILES string of the molecule is CC.CC(=O)N1CCC(c2ccc(NC(=O)c3ncc(C#N)[nH]3)c(C3=CCCNC3)c2)CC1.CN(CCO)CC(=O)N1CCC(c2ccc(NC(=O)c3ncc(C#N)[nH]3)c(C3=CCCCC3)c2)CC1. The van der Waals surface area contributed by atoms with Crippen molar-refractivity contribution in [1.29, 1.82) is 10.5 Å². The number of hydrogen-bond acceptors (Lipinski definition) is 11.